The predicted octanol–water partition coefficient (Wildman–Crippen LogP) is 5.06. The summed E-state index contributed by atoms with van der Waals surface area (Å²) in [5.74, 6) is -0.0894. The second-order valence-corrected chi connectivity index (χ2v) is 6.44. The zero-order valence-corrected chi connectivity index (χ0v) is 14.1. The van der Waals surface area contributed by atoms with Crippen molar-refractivity contribution >= 4 is 34.8 Å². The van der Waals surface area contributed by atoms with E-state index in [4.69, 9.17) is 4.99 Å². The van der Waals surface area contributed by atoms with Gasteiger partial charge in [0.25, 0.3) is 5.91 Å². The van der Waals surface area contributed by atoms with Gasteiger partial charge in [-0.2, -0.15) is 0 Å². The lowest BCUT2D eigenvalue weighted by molar-refractivity contribution is -0.111. The van der Waals surface area contributed by atoms with E-state index in [1.807, 2.05) is 66.7 Å². The lowest BCUT2D eigenvalue weighted by atomic mass is 10.1. The van der Waals surface area contributed by atoms with E-state index in [-0.39, 0.29) is 5.91 Å². The molecule has 0 bridgehead atoms. The summed E-state index contributed by atoms with van der Waals surface area (Å²) in [7, 11) is 0. The largest absolute Gasteiger partial charge is 0.282 e. The highest BCUT2D eigenvalue weighted by molar-refractivity contribution is 6.56. The Morgan fingerprint density at radius 2 is 1.69 bits per heavy atom. The van der Waals surface area contributed by atoms with Crippen molar-refractivity contribution in [3.05, 3.63) is 95.6 Å². The molecule has 1 heterocycles. The molecule has 0 saturated heterocycles. The van der Waals surface area contributed by atoms with Crippen molar-refractivity contribution in [2.45, 2.75) is 6.42 Å². The molecule has 0 saturated carbocycles. The molecule has 2 aliphatic rings. The molecule has 1 aliphatic carbocycles. The van der Waals surface area contributed by atoms with Crippen molar-refractivity contribution in [1.82, 2.24) is 0 Å². The highest BCUT2D eigenvalue weighted by Gasteiger charge is 2.34. The zero-order valence-electron chi connectivity index (χ0n) is 14.1. The Morgan fingerprint density at radius 3 is 2.58 bits per heavy atom. The lowest BCUT2D eigenvalue weighted by Crippen LogP contribution is -2.25. The van der Waals surface area contributed by atoms with Gasteiger partial charge in [-0.15, -0.1) is 0 Å². The molecule has 5 rings (SSSR count). The van der Waals surface area contributed by atoms with E-state index in [0.717, 1.165) is 29.0 Å². The molecule has 0 aromatic heterocycles. The topological polar surface area (TPSA) is 32.7 Å². The van der Waals surface area contributed by atoms with E-state index in [1.54, 1.807) is 4.90 Å². The second kappa shape index (κ2) is 5.81. The molecule has 1 amide bonds. The van der Waals surface area contributed by atoms with Crippen LogP contribution in [0.15, 0.2) is 83.9 Å². The number of anilines is 2. The molecule has 0 atom stereocenters. The molecule has 3 aromatic carbocycles. The average Bonchev–Trinajstić information content (AvgIpc) is 3.25. The first-order valence-electron chi connectivity index (χ1n) is 8.68. The van der Waals surface area contributed by atoms with E-state index >= 15 is 0 Å². The highest BCUT2D eigenvalue weighted by atomic mass is 16.2. The molecular formula is C23H16N2O. The van der Waals surface area contributed by atoms with Crippen molar-refractivity contribution < 1.29 is 4.79 Å². The summed E-state index contributed by atoms with van der Waals surface area (Å²) >= 11 is 0. The molecule has 0 unspecified atom stereocenters. The number of allylic oxidation sites excluding steroid dienone is 1. The van der Waals surface area contributed by atoms with Gasteiger partial charge in [-0.05, 0) is 47.9 Å². The van der Waals surface area contributed by atoms with Gasteiger partial charge in [0.2, 0.25) is 0 Å². The van der Waals surface area contributed by atoms with Gasteiger partial charge in [-0.1, -0.05) is 54.6 Å². The number of aliphatic imine (C=N–C) groups is 1. The quantitative estimate of drug-likeness (QED) is 0.644. The van der Waals surface area contributed by atoms with E-state index in [1.165, 1.54) is 11.1 Å². The van der Waals surface area contributed by atoms with Gasteiger partial charge in [-0.25, -0.2) is 4.99 Å². The van der Waals surface area contributed by atoms with Crippen LogP contribution >= 0.6 is 0 Å². The third kappa shape index (κ3) is 2.29. The summed E-state index contributed by atoms with van der Waals surface area (Å²) in [6, 6.07) is 23.7. The number of carbonyl (C=O) groups is 1. The maximum absolute atomic E-state index is 13.2. The molecule has 0 fully saturated rings. The molecule has 0 spiro atoms. The molecule has 3 heteroatoms. The number of amides is 1. The van der Waals surface area contributed by atoms with Crippen molar-refractivity contribution in [3.63, 3.8) is 0 Å². The summed E-state index contributed by atoms with van der Waals surface area (Å²) in [4.78, 5) is 19.6. The van der Waals surface area contributed by atoms with Crippen LogP contribution < -0.4 is 4.90 Å². The maximum atomic E-state index is 13.2. The average molecular weight is 336 g/mol. The van der Waals surface area contributed by atoms with Gasteiger partial charge in [0.15, 0.2) is 0 Å². The van der Waals surface area contributed by atoms with Crippen LogP contribution in [0.1, 0.15) is 16.7 Å². The highest BCUT2D eigenvalue weighted by Crippen LogP contribution is 2.36. The number of hydrogen-bond donors (Lipinski definition) is 0. The van der Waals surface area contributed by atoms with Crippen molar-refractivity contribution in [1.29, 1.82) is 0 Å². The Balaban J connectivity index is 1.64. The van der Waals surface area contributed by atoms with Crippen LogP contribution in [-0.2, 0) is 11.2 Å². The van der Waals surface area contributed by atoms with Crippen molar-refractivity contribution in [2.75, 3.05) is 4.90 Å². The van der Waals surface area contributed by atoms with Gasteiger partial charge < -0.3 is 0 Å². The van der Waals surface area contributed by atoms with Gasteiger partial charge in [-0.3, -0.25) is 9.69 Å². The number of carbonyl (C=O) groups excluding carboxylic acids is 1. The number of nitrogens with zero attached hydrogens (tertiary/aromatic N) is 2. The van der Waals surface area contributed by atoms with Crippen LogP contribution in [-0.4, -0.2) is 11.6 Å². The molecule has 124 valence electrons. The number of benzene rings is 3. The molecule has 0 radical (unpaired) electrons. The molecule has 3 nitrogen and oxygen atoms in total. The second-order valence-electron chi connectivity index (χ2n) is 6.44. The zero-order chi connectivity index (χ0) is 17.5. The van der Waals surface area contributed by atoms with Gasteiger partial charge in [0, 0.05) is 11.3 Å². The number of rotatable bonds is 2. The van der Waals surface area contributed by atoms with Crippen LogP contribution in [0.5, 0.6) is 0 Å². The first-order chi connectivity index (χ1) is 12.8. The van der Waals surface area contributed by atoms with Crippen LogP contribution in [0.4, 0.5) is 17.1 Å². The third-order valence-electron chi connectivity index (χ3n) is 4.83. The van der Waals surface area contributed by atoms with Crippen molar-refractivity contribution in [3.8, 4) is 0 Å². The van der Waals surface area contributed by atoms with Crippen LogP contribution in [0.3, 0.4) is 0 Å². The maximum Gasteiger partial charge on any atom is 0.282 e. The number of para-hydroxylation sites is 2. The van der Waals surface area contributed by atoms with Crippen molar-refractivity contribution in [2.24, 2.45) is 4.99 Å². The SMILES string of the molecule is O=C1C(=Nc2ccc3c(c2)C=CC3)c2ccccc2N1c1ccccc1. The molecule has 3 aromatic rings. The lowest BCUT2D eigenvalue weighted by Gasteiger charge is -2.16. The van der Waals surface area contributed by atoms with Crippen LogP contribution in [0.25, 0.3) is 6.08 Å². The fourth-order valence-corrected chi connectivity index (χ4v) is 3.58. The fourth-order valence-electron chi connectivity index (χ4n) is 3.58. The van der Waals surface area contributed by atoms with E-state index in [9.17, 15) is 4.79 Å². The minimum Gasteiger partial charge on any atom is -0.275 e. The molecular weight excluding hydrogens is 320 g/mol. The molecule has 1 aliphatic heterocycles. The smallest absolute Gasteiger partial charge is 0.275 e. The number of hydrogen-bond acceptors (Lipinski definition) is 2. The van der Waals surface area contributed by atoms with E-state index in [0.29, 0.717) is 5.71 Å². The predicted molar refractivity (Wildman–Crippen MR) is 105 cm³/mol. The Bertz CT molecular complexity index is 1080. The summed E-state index contributed by atoms with van der Waals surface area (Å²) in [6.07, 6.45) is 5.23. The number of fused-ring (bicyclic) bond motifs is 2. The summed E-state index contributed by atoms with van der Waals surface area (Å²) in [5.41, 5.74) is 6.39. The fraction of sp³-hybridized carbons (Fsp3) is 0.0435. The minimum atomic E-state index is -0.0894. The van der Waals surface area contributed by atoms with E-state index in [2.05, 4.69) is 18.2 Å². The normalized spacial score (nSPS) is 16.2. The van der Waals surface area contributed by atoms with Gasteiger partial charge in [0.05, 0.1) is 11.4 Å². The molecule has 0 N–H and O–H groups in total. The Labute approximate surface area is 151 Å². The summed E-state index contributed by atoms with van der Waals surface area (Å²) < 4.78 is 0. The Hall–Kier alpha value is -3.46. The van der Waals surface area contributed by atoms with Crippen LogP contribution in [0, 0.1) is 0 Å². The third-order valence-corrected chi connectivity index (χ3v) is 4.83. The van der Waals surface area contributed by atoms with Gasteiger partial charge >= 0.3 is 0 Å². The molecule has 26 heavy (non-hydrogen) atoms. The van der Waals surface area contributed by atoms with Crippen LogP contribution in [0.2, 0.25) is 0 Å². The van der Waals surface area contributed by atoms with Gasteiger partial charge in [0.1, 0.15) is 5.71 Å². The monoisotopic (exact) mass is 336 g/mol. The minimum absolute atomic E-state index is 0.0894. The first-order valence-corrected chi connectivity index (χ1v) is 8.68. The van der Waals surface area contributed by atoms with E-state index < -0.39 is 0 Å². The summed E-state index contributed by atoms with van der Waals surface area (Å²) in [6.45, 7) is 0. The Morgan fingerprint density at radius 1 is 0.885 bits per heavy atom. The Kier molecular flexibility index (Phi) is 3.32. The first kappa shape index (κ1) is 14.8. The standard InChI is InChI=1S/C23H16N2O/c26-23-22(24-18-14-13-16-7-6-8-17(16)15-18)20-11-4-5-12-21(20)25(23)19-9-2-1-3-10-19/h1-6,8-15H,7H2. The summed E-state index contributed by atoms with van der Waals surface area (Å²) in [5, 5.41) is 0.